The Balaban J connectivity index is 2.36. The fraction of sp³-hybridized carbons (Fsp3) is 0.600. The van der Waals surface area contributed by atoms with Crippen LogP contribution in [0.2, 0.25) is 0 Å². The van der Waals surface area contributed by atoms with Crippen molar-refractivity contribution in [3.05, 3.63) is 12.2 Å². The SMILES string of the molecule is [B]C1C=CCCN1. The zero-order valence-electron chi connectivity index (χ0n) is 4.22. The standard InChI is InChI=1S/C5H8BN/c6-5-3-1-2-4-7-5/h1,3,5,7H,2,4H2. The normalized spacial score (nSPS) is 30.6. The van der Waals surface area contributed by atoms with Gasteiger partial charge < -0.3 is 5.32 Å². The van der Waals surface area contributed by atoms with Gasteiger partial charge in [-0.3, -0.25) is 0 Å². The van der Waals surface area contributed by atoms with Gasteiger partial charge >= 0.3 is 0 Å². The largest absolute Gasteiger partial charge is 0.319 e. The molecule has 1 rings (SSSR count). The second-order valence-electron chi connectivity index (χ2n) is 1.70. The molecule has 0 saturated heterocycles. The minimum absolute atomic E-state index is 0.105. The maximum Gasteiger partial charge on any atom is 0.0963 e. The second kappa shape index (κ2) is 2.17. The molecule has 0 aromatic heterocycles. The van der Waals surface area contributed by atoms with Crippen LogP contribution in [0.3, 0.4) is 0 Å². The molecule has 0 bridgehead atoms. The average Bonchev–Trinajstić information content (AvgIpc) is 1.69. The molecule has 2 radical (unpaired) electrons. The van der Waals surface area contributed by atoms with Crippen LogP contribution in [0, 0.1) is 0 Å². The smallest absolute Gasteiger partial charge is 0.0963 e. The van der Waals surface area contributed by atoms with Crippen LogP contribution in [-0.4, -0.2) is 20.3 Å². The Bertz CT molecular complexity index is 80.1. The Kier molecular flexibility index (Phi) is 1.52. The first-order valence-electron chi connectivity index (χ1n) is 2.55. The van der Waals surface area contributed by atoms with Crippen molar-refractivity contribution in [2.24, 2.45) is 0 Å². The van der Waals surface area contributed by atoms with Gasteiger partial charge in [-0.15, -0.1) is 0 Å². The van der Waals surface area contributed by atoms with Crippen molar-refractivity contribution in [3.63, 3.8) is 0 Å². The van der Waals surface area contributed by atoms with Crippen LogP contribution in [0.15, 0.2) is 12.2 Å². The summed E-state index contributed by atoms with van der Waals surface area (Å²) in [5, 5.41) is 3.07. The minimum atomic E-state index is 0.105. The van der Waals surface area contributed by atoms with Crippen LogP contribution < -0.4 is 5.32 Å². The summed E-state index contributed by atoms with van der Waals surface area (Å²) in [4.78, 5) is 0. The summed E-state index contributed by atoms with van der Waals surface area (Å²) in [6, 6.07) is 0. The van der Waals surface area contributed by atoms with Crippen molar-refractivity contribution in [1.29, 1.82) is 0 Å². The third-order valence-electron chi connectivity index (χ3n) is 1.03. The van der Waals surface area contributed by atoms with Gasteiger partial charge in [0.1, 0.15) is 0 Å². The summed E-state index contributed by atoms with van der Waals surface area (Å²) in [6.45, 7) is 1.03. The van der Waals surface area contributed by atoms with Crippen LogP contribution in [0.25, 0.3) is 0 Å². The van der Waals surface area contributed by atoms with Crippen LogP contribution >= 0.6 is 0 Å². The van der Waals surface area contributed by atoms with Gasteiger partial charge in [-0.2, -0.15) is 0 Å². The minimum Gasteiger partial charge on any atom is -0.319 e. The molecule has 0 amide bonds. The lowest BCUT2D eigenvalue weighted by molar-refractivity contribution is 0.690. The number of nitrogens with one attached hydrogen (secondary N) is 1. The van der Waals surface area contributed by atoms with E-state index < -0.39 is 0 Å². The highest BCUT2D eigenvalue weighted by molar-refractivity contribution is 6.13. The van der Waals surface area contributed by atoms with E-state index in [9.17, 15) is 0 Å². The Morgan fingerprint density at radius 1 is 1.71 bits per heavy atom. The molecule has 0 spiro atoms. The van der Waals surface area contributed by atoms with E-state index in [-0.39, 0.29) is 5.94 Å². The lowest BCUT2D eigenvalue weighted by Gasteiger charge is -2.12. The first kappa shape index (κ1) is 4.91. The molecule has 1 atom stereocenters. The molecule has 0 aromatic carbocycles. The number of rotatable bonds is 0. The lowest BCUT2D eigenvalue weighted by atomic mass is 9.94. The van der Waals surface area contributed by atoms with Gasteiger partial charge in [-0.1, -0.05) is 12.2 Å². The van der Waals surface area contributed by atoms with Crippen molar-refractivity contribution in [1.82, 2.24) is 5.32 Å². The molecule has 1 N–H and O–H groups in total. The molecule has 2 heteroatoms. The molecule has 0 fully saturated rings. The van der Waals surface area contributed by atoms with Crippen molar-refractivity contribution < 1.29 is 0 Å². The second-order valence-corrected chi connectivity index (χ2v) is 1.70. The van der Waals surface area contributed by atoms with E-state index in [0.29, 0.717) is 0 Å². The molecule has 1 heterocycles. The highest BCUT2D eigenvalue weighted by Crippen LogP contribution is 1.90. The van der Waals surface area contributed by atoms with Gasteiger partial charge in [0.25, 0.3) is 0 Å². The Morgan fingerprint density at radius 3 is 2.86 bits per heavy atom. The molecule has 1 nitrogen and oxygen atoms in total. The number of hydrogen-bond acceptors (Lipinski definition) is 1. The molecule has 0 saturated carbocycles. The molecule has 1 aliphatic rings. The molecule has 1 aliphatic heterocycles. The zero-order chi connectivity index (χ0) is 5.11. The highest BCUT2D eigenvalue weighted by atomic mass is 14.9. The molecule has 0 aromatic rings. The van der Waals surface area contributed by atoms with Crippen molar-refractivity contribution in [2.45, 2.75) is 12.4 Å². The summed E-state index contributed by atoms with van der Waals surface area (Å²) >= 11 is 0. The van der Waals surface area contributed by atoms with Gasteiger partial charge in [0.15, 0.2) is 0 Å². The predicted molar refractivity (Wildman–Crippen MR) is 31.3 cm³/mol. The summed E-state index contributed by atoms with van der Waals surface area (Å²) in [5.74, 6) is 0.105. The Hall–Kier alpha value is -0.235. The third-order valence-corrected chi connectivity index (χ3v) is 1.03. The molecule has 1 unspecified atom stereocenters. The van der Waals surface area contributed by atoms with Crippen LogP contribution in [-0.2, 0) is 0 Å². The van der Waals surface area contributed by atoms with Gasteiger partial charge in [0, 0.05) is 0 Å². The summed E-state index contributed by atoms with van der Waals surface area (Å²) < 4.78 is 0. The van der Waals surface area contributed by atoms with Crippen LogP contribution in [0.1, 0.15) is 6.42 Å². The van der Waals surface area contributed by atoms with E-state index >= 15 is 0 Å². The monoisotopic (exact) mass is 93.1 g/mol. The third kappa shape index (κ3) is 1.36. The van der Waals surface area contributed by atoms with Crippen LogP contribution in [0.5, 0.6) is 0 Å². The topological polar surface area (TPSA) is 12.0 Å². The van der Waals surface area contributed by atoms with Gasteiger partial charge in [0.2, 0.25) is 0 Å². The first-order valence-corrected chi connectivity index (χ1v) is 2.55. The Labute approximate surface area is 45.2 Å². The van der Waals surface area contributed by atoms with E-state index in [4.69, 9.17) is 7.85 Å². The van der Waals surface area contributed by atoms with E-state index in [1.54, 1.807) is 0 Å². The van der Waals surface area contributed by atoms with E-state index in [1.165, 1.54) is 0 Å². The fourth-order valence-electron chi connectivity index (χ4n) is 0.644. The zero-order valence-corrected chi connectivity index (χ0v) is 4.22. The van der Waals surface area contributed by atoms with Crippen LogP contribution in [0.4, 0.5) is 0 Å². The molecule has 36 valence electrons. The van der Waals surface area contributed by atoms with E-state index in [0.717, 1.165) is 13.0 Å². The average molecular weight is 92.9 g/mol. The fourth-order valence-corrected chi connectivity index (χ4v) is 0.644. The van der Waals surface area contributed by atoms with Gasteiger partial charge in [-0.05, 0) is 18.9 Å². The first-order chi connectivity index (χ1) is 3.39. The van der Waals surface area contributed by atoms with E-state index in [1.807, 2.05) is 6.08 Å². The maximum absolute atomic E-state index is 5.44. The van der Waals surface area contributed by atoms with Crippen molar-refractivity contribution in [2.75, 3.05) is 6.54 Å². The quantitative estimate of drug-likeness (QED) is 0.329. The highest BCUT2D eigenvalue weighted by Gasteiger charge is 1.96. The number of hydrogen-bond donors (Lipinski definition) is 1. The maximum atomic E-state index is 5.44. The predicted octanol–water partition coefficient (Wildman–Crippen LogP) is 0.0305. The molecular weight excluding hydrogens is 84.9 g/mol. The summed E-state index contributed by atoms with van der Waals surface area (Å²) in [7, 11) is 5.44. The molecule has 0 aliphatic carbocycles. The molecular formula is C5H8BN. The molecule has 7 heavy (non-hydrogen) atoms. The summed E-state index contributed by atoms with van der Waals surface area (Å²) in [5.41, 5.74) is 0. The Morgan fingerprint density at radius 2 is 2.57 bits per heavy atom. The van der Waals surface area contributed by atoms with E-state index in [2.05, 4.69) is 11.4 Å². The van der Waals surface area contributed by atoms with Gasteiger partial charge in [-0.25, -0.2) is 0 Å². The van der Waals surface area contributed by atoms with Gasteiger partial charge in [0.05, 0.1) is 7.85 Å². The van der Waals surface area contributed by atoms with Crippen molar-refractivity contribution >= 4 is 7.85 Å². The van der Waals surface area contributed by atoms with Crippen molar-refractivity contribution in [3.8, 4) is 0 Å². The summed E-state index contributed by atoms with van der Waals surface area (Å²) in [6.07, 6.45) is 5.19. The lowest BCUT2D eigenvalue weighted by Crippen LogP contribution is -2.30.